The molecule has 0 unspecified atom stereocenters. The Morgan fingerprint density at radius 3 is 2.62 bits per heavy atom. The third-order valence-corrected chi connectivity index (χ3v) is 3.20. The van der Waals surface area contributed by atoms with Gasteiger partial charge in [-0.25, -0.2) is 9.37 Å². The summed E-state index contributed by atoms with van der Waals surface area (Å²) in [5.74, 6) is 0.376. The third kappa shape index (κ3) is 5.17. The van der Waals surface area contributed by atoms with E-state index in [4.69, 9.17) is 4.74 Å². The minimum Gasteiger partial charge on any atom is -0.380 e. The van der Waals surface area contributed by atoms with Gasteiger partial charge in [0.2, 0.25) is 5.82 Å². The first-order valence-electron chi connectivity index (χ1n) is 7.55. The van der Waals surface area contributed by atoms with Crippen molar-refractivity contribution >= 4 is 17.3 Å². The number of hydrogen-bond donors (Lipinski definition) is 2. The SMILES string of the molecule is CCOCCNc1nc(NCc2ccc(F)cc2)ccc1[N+](=O)[O-]. The quantitative estimate of drug-likeness (QED) is 0.416. The molecule has 0 amide bonds. The molecule has 0 fully saturated rings. The number of halogens is 1. The first-order chi connectivity index (χ1) is 11.6. The Morgan fingerprint density at radius 1 is 1.21 bits per heavy atom. The molecule has 0 aliphatic rings. The van der Waals surface area contributed by atoms with E-state index in [0.29, 0.717) is 32.1 Å². The van der Waals surface area contributed by atoms with Crippen LogP contribution in [0.2, 0.25) is 0 Å². The first-order valence-corrected chi connectivity index (χ1v) is 7.55. The fourth-order valence-corrected chi connectivity index (χ4v) is 2.01. The van der Waals surface area contributed by atoms with Crippen molar-refractivity contribution in [2.24, 2.45) is 0 Å². The molecule has 8 heteroatoms. The number of nitro groups is 1. The van der Waals surface area contributed by atoms with Crippen LogP contribution in [0.5, 0.6) is 0 Å². The van der Waals surface area contributed by atoms with Gasteiger partial charge in [-0.15, -0.1) is 0 Å². The molecule has 2 rings (SSSR count). The van der Waals surface area contributed by atoms with Crippen LogP contribution in [-0.2, 0) is 11.3 Å². The number of rotatable bonds is 9. The van der Waals surface area contributed by atoms with E-state index in [-0.39, 0.29) is 17.3 Å². The van der Waals surface area contributed by atoms with E-state index in [1.54, 1.807) is 12.1 Å². The lowest BCUT2D eigenvalue weighted by atomic mass is 10.2. The molecule has 0 aliphatic heterocycles. The van der Waals surface area contributed by atoms with E-state index in [0.717, 1.165) is 5.56 Å². The van der Waals surface area contributed by atoms with Crippen molar-refractivity contribution in [2.75, 3.05) is 30.4 Å². The molecule has 0 radical (unpaired) electrons. The van der Waals surface area contributed by atoms with Crippen LogP contribution in [0, 0.1) is 15.9 Å². The van der Waals surface area contributed by atoms with Crippen molar-refractivity contribution in [1.82, 2.24) is 4.98 Å². The van der Waals surface area contributed by atoms with Crippen LogP contribution in [0.3, 0.4) is 0 Å². The van der Waals surface area contributed by atoms with Gasteiger partial charge in [0.25, 0.3) is 0 Å². The zero-order valence-corrected chi connectivity index (χ0v) is 13.3. The summed E-state index contributed by atoms with van der Waals surface area (Å²) >= 11 is 0. The van der Waals surface area contributed by atoms with Crippen molar-refractivity contribution < 1.29 is 14.1 Å². The maximum atomic E-state index is 12.9. The van der Waals surface area contributed by atoms with Crippen molar-refractivity contribution in [3.8, 4) is 0 Å². The number of nitrogens with one attached hydrogen (secondary N) is 2. The number of anilines is 2. The predicted molar refractivity (Wildman–Crippen MR) is 89.6 cm³/mol. The van der Waals surface area contributed by atoms with E-state index in [2.05, 4.69) is 15.6 Å². The van der Waals surface area contributed by atoms with E-state index < -0.39 is 4.92 Å². The molecule has 0 atom stereocenters. The Bertz CT molecular complexity index is 680. The first kappa shape index (κ1) is 17.6. The largest absolute Gasteiger partial charge is 0.380 e. The van der Waals surface area contributed by atoms with Crippen LogP contribution in [0.25, 0.3) is 0 Å². The smallest absolute Gasteiger partial charge is 0.311 e. The summed E-state index contributed by atoms with van der Waals surface area (Å²) in [6.45, 7) is 3.74. The highest BCUT2D eigenvalue weighted by Crippen LogP contribution is 2.24. The molecule has 0 aliphatic carbocycles. The van der Waals surface area contributed by atoms with Crippen LogP contribution in [0.4, 0.5) is 21.7 Å². The monoisotopic (exact) mass is 334 g/mol. The van der Waals surface area contributed by atoms with Gasteiger partial charge in [-0.1, -0.05) is 12.1 Å². The van der Waals surface area contributed by atoms with Crippen molar-refractivity contribution in [2.45, 2.75) is 13.5 Å². The predicted octanol–water partition coefficient (Wildman–Crippen LogP) is 3.19. The molecule has 0 bridgehead atoms. The van der Waals surface area contributed by atoms with Gasteiger partial charge in [0, 0.05) is 25.8 Å². The van der Waals surface area contributed by atoms with Gasteiger partial charge in [0.15, 0.2) is 0 Å². The highest BCUT2D eigenvalue weighted by Gasteiger charge is 2.15. The lowest BCUT2D eigenvalue weighted by Crippen LogP contribution is -2.12. The lowest BCUT2D eigenvalue weighted by molar-refractivity contribution is -0.384. The zero-order chi connectivity index (χ0) is 17.4. The molecule has 2 N–H and O–H groups in total. The molecule has 0 saturated carbocycles. The number of aromatic nitrogens is 1. The molecule has 1 heterocycles. The molecule has 1 aromatic heterocycles. The van der Waals surface area contributed by atoms with Crippen molar-refractivity contribution in [1.29, 1.82) is 0 Å². The molecule has 24 heavy (non-hydrogen) atoms. The summed E-state index contributed by atoms with van der Waals surface area (Å²) < 4.78 is 18.1. The molecule has 2 aromatic rings. The van der Waals surface area contributed by atoms with Crippen LogP contribution >= 0.6 is 0 Å². The summed E-state index contributed by atoms with van der Waals surface area (Å²) in [6, 6.07) is 9.00. The highest BCUT2D eigenvalue weighted by atomic mass is 19.1. The summed E-state index contributed by atoms with van der Waals surface area (Å²) in [4.78, 5) is 14.8. The fourth-order valence-electron chi connectivity index (χ4n) is 2.01. The fraction of sp³-hybridized carbons (Fsp3) is 0.312. The maximum absolute atomic E-state index is 12.9. The van der Waals surface area contributed by atoms with Gasteiger partial charge in [-0.05, 0) is 30.7 Å². The average molecular weight is 334 g/mol. The van der Waals surface area contributed by atoms with Gasteiger partial charge >= 0.3 is 5.69 Å². The molecule has 1 aromatic carbocycles. The van der Waals surface area contributed by atoms with Crippen molar-refractivity contribution in [3.63, 3.8) is 0 Å². The van der Waals surface area contributed by atoms with Crippen LogP contribution in [0.15, 0.2) is 36.4 Å². The van der Waals surface area contributed by atoms with E-state index >= 15 is 0 Å². The summed E-state index contributed by atoms with van der Waals surface area (Å²) in [6.07, 6.45) is 0. The maximum Gasteiger partial charge on any atom is 0.311 e. The van der Waals surface area contributed by atoms with Gasteiger partial charge in [0.05, 0.1) is 11.5 Å². The zero-order valence-electron chi connectivity index (χ0n) is 13.3. The van der Waals surface area contributed by atoms with Gasteiger partial charge < -0.3 is 15.4 Å². The van der Waals surface area contributed by atoms with Crippen molar-refractivity contribution in [3.05, 3.63) is 57.9 Å². The van der Waals surface area contributed by atoms with Crippen LogP contribution < -0.4 is 10.6 Å². The lowest BCUT2D eigenvalue weighted by Gasteiger charge is -2.10. The average Bonchev–Trinajstić information content (AvgIpc) is 2.58. The molecule has 0 saturated heterocycles. The van der Waals surface area contributed by atoms with E-state index in [1.165, 1.54) is 24.3 Å². The summed E-state index contributed by atoms with van der Waals surface area (Å²) in [5.41, 5.74) is 0.779. The van der Waals surface area contributed by atoms with Gasteiger partial charge in [-0.3, -0.25) is 10.1 Å². The highest BCUT2D eigenvalue weighted by molar-refractivity contribution is 5.60. The second-order valence-corrected chi connectivity index (χ2v) is 4.93. The second kappa shape index (κ2) is 8.78. The minimum atomic E-state index is -0.486. The standard InChI is InChI=1S/C16H19FN4O3/c1-2-24-10-9-18-16-14(21(22)23)7-8-15(20-16)19-11-12-3-5-13(17)6-4-12/h3-8H,2,9-11H2,1H3,(H2,18,19,20). The van der Waals surface area contributed by atoms with Gasteiger partial charge in [0.1, 0.15) is 11.6 Å². The minimum absolute atomic E-state index is 0.0983. The third-order valence-electron chi connectivity index (χ3n) is 3.20. The van der Waals surface area contributed by atoms with Gasteiger partial charge in [-0.2, -0.15) is 0 Å². The number of benzene rings is 1. The Balaban J connectivity index is 2.04. The molecular weight excluding hydrogens is 315 g/mol. The Labute approximate surface area is 139 Å². The Kier molecular flexibility index (Phi) is 6.44. The number of nitrogens with zero attached hydrogens (tertiary/aromatic N) is 2. The molecule has 7 nitrogen and oxygen atoms in total. The van der Waals surface area contributed by atoms with Crippen LogP contribution in [0.1, 0.15) is 12.5 Å². The molecule has 128 valence electrons. The topological polar surface area (TPSA) is 89.3 Å². The molecular formula is C16H19FN4O3. The number of pyridine rings is 1. The van der Waals surface area contributed by atoms with Crippen LogP contribution in [-0.4, -0.2) is 29.7 Å². The normalized spacial score (nSPS) is 10.4. The number of ether oxygens (including phenoxy) is 1. The Morgan fingerprint density at radius 2 is 1.96 bits per heavy atom. The van der Waals surface area contributed by atoms with E-state index in [9.17, 15) is 14.5 Å². The van der Waals surface area contributed by atoms with E-state index in [1.807, 2.05) is 6.92 Å². The second-order valence-electron chi connectivity index (χ2n) is 4.93. The molecule has 0 spiro atoms. The summed E-state index contributed by atoms with van der Waals surface area (Å²) in [7, 11) is 0. The number of hydrogen-bond acceptors (Lipinski definition) is 6. The Hall–Kier alpha value is -2.74. The summed E-state index contributed by atoms with van der Waals surface area (Å²) in [5, 5.41) is 17.0.